The molecule has 0 radical (unpaired) electrons. The van der Waals surface area contributed by atoms with Crippen molar-refractivity contribution in [2.75, 3.05) is 0 Å². The van der Waals surface area contributed by atoms with Gasteiger partial charge in [-0.25, -0.2) is 4.98 Å². The molecule has 4 aromatic carbocycles. The van der Waals surface area contributed by atoms with Crippen LogP contribution in [0.5, 0.6) is 0 Å². The molecule has 1 nitrogen and oxygen atoms in total. The van der Waals surface area contributed by atoms with Gasteiger partial charge in [0.15, 0.2) is 0 Å². The predicted molar refractivity (Wildman–Crippen MR) is 128 cm³/mol. The fourth-order valence-electron chi connectivity index (χ4n) is 4.01. The summed E-state index contributed by atoms with van der Waals surface area (Å²) in [6.07, 6.45) is 0. The SMILES string of the molecule is Cc1ccc(-c2nc(-c3ccccc3)c3ccccc3c2-c2ccc(C)cc2)cc1. The minimum atomic E-state index is 1.02. The van der Waals surface area contributed by atoms with Gasteiger partial charge in [0.1, 0.15) is 0 Å². The van der Waals surface area contributed by atoms with Gasteiger partial charge in [-0.15, -0.1) is 0 Å². The van der Waals surface area contributed by atoms with Crippen molar-refractivity contribution in [3.05, 3.63) is 114 Å². The second kappa shape index (κ2) is 7.61. The fourth-order valence-corrected chi connectivity index (χ4v) is 4.01. The number of aromatic nitrogens is 1. The predicted octanol–water partition coefficient (Wildman–Crippen LogP) is 7.85. The maximum atomic E-state index is 5.27. The summed E-state index contributed by atoms with van der Waals surface area (Å²) in [4.78, 5) is 5.27. The normalized spacial score (nSPS) is 11.0. The van der Waals surface area contributed by atoms with Gasteiger partial charge < -0.3 is 0 Å². The molecule has 1 aromatic heterocycles. The van der Waals surface area contributed by atoms with Crippen molar-refractivity contribution in [1.82, 2.24) is 4.98 Å². The van der Waals surface area contributed by atoms with E-state index in [0.29, 0.717) is 0 Å². The monoisotopic (exact) mass is 385 g/mol. The van der Waals surface area contributed by atoms with Crippen molar-refractivity contribution in [2.45, 2.75) is 13.8 Å². The molecule has 0 spiro atoms. The Morgan fingerprint density at radius 2 is 0.933 bits per heavy atom. The van der Waals surface area contributed by atoms with Crippen LogP contribution in [0.3, 0.4) is 0 Å². The van der Waals surface area contributed by atoms with Crippen molar-refractivity contribution >= 4 is 10.8 Å². The van der Waals surface area contributed by atoms with E-state index in [1.165, 1.54) is 33.0 Å². The van der Waals surface area contributed by atoms with E-state index >= 15 is 0 Å². The second-order valence-electron chi connectivity index (χ2n) is 7.83. The molecule has 0 atom stereocenters. The Hall–Kier alpha value is -3.71. The number of hydrogen-bond acceptors (Lipinski definition) is 1. The number of pyridine rings is 1. The molecule has 144 valence electrons. The van der Waals surface area contributed by atoms with E-state index in [-0.39, 0.29) is 0 Å². The van der Waals surface area contributed by atoms with Gasteiger partial charge in [-0.1, -0.05) is 114 Å². The standard InChI is InChI=1S/C29H23N/c1-20-12-16-22(17-13-20)27-25-10-6-7-11-26(25)28(23-8-4-3-5-9-23)30-29(27)24-18-14-21(2)15-19-24/h3-19H,1-2H3. The number of hydrogen-bond donors (Lipinski definition) is 0. The number of rotatable bonds is 3. The second-order valence-corrected chi connectivity index (χ2v) is 7.83. The highest BCUT2D eigenvalue weighted by atomic mass is 14.7. The first-order valence-corrected chi connectivity index (χ1v) is 10.3. The zero-order valence-corrected chi connectivity index (χ0v) is 17.3. The van der Waals surface area contributed by atoms with Crippen molar-refractivity contribution < 1.29 is 0 Å². The van der Waals surface area contributed by atoms with Crippen molar-refractivity contribution in [1.29, 1.82) is 0 Å². The number of benzene rings is 4. The molecule has 30 heavy (non-hydrogen) atoms. The quantitative estimate of drug-likeness (QED) is 0.308. The molecule has 1 heterocycles. The lowest BCUT2D eigenvalue weighted by Crippen LogP contribution is -1.96. The Morgan fingerprint density at radius 1 is 0.433 bits per heavy atom. The Bertz CT molecular complexity index is 1320. The largest absolute Gasteiger partial charge is 0.246 e. The van der Waals surface area contributed by atoms with Crippen molar-refractivity contribution in [2.24, 2.45) is 0 Å². The first-order valence-electron chi connectivity index (χ1n) is 10.3. The Balaban J connectivity index is 1.90. The van der Waals surface area contributed by atoms with Crippen LogP contribution in [0.15, 0.2) is 103 Å². The van der Waals surface area contributed by atoms with Crippen LogP contribution in [0.4, 0.5) is 0 Å². The molecule has 5 aromatic rings. The van der Waals surface area contributed by atoms with Crippen molar-refractivity contribution in [3.8, 4) is 33.6 Å². The highest BCUT2D eigenvalue weighted by Gasteiger charge is 2.17. The summed E-state index contributed by atoms with van der Waals surface area (Å²) in [6.45, 7) is 4.24. The minimum absolute atomic E-state index is 1.02. The summed E-state index contributed by atoms with van der Waals surface area (Å²) in [6, 6.07) is 36.5. The molecule has 0 N–H and O–H groups in total. The highest BCUT2D eigenvalue weighted by Crippen LogP contribution is 2.40. The van der Waals surface area contributed by atoms with E-state index in [0.717, 1.165) is 22.5 Å². The van der Waals surface area contributed by atoms with Gasteiger partial charge in [0, 0.05) is 22.1 Å². The zero-order chi connectivity index (χ0) is 20.5. The van der Waals surface area contributed by atoms with Crippen LogP contribution in [0.1, 0.15) is 11.1 Å². The van der Waals surface area contributed by atoms with Crippen LogP contribution >= 0.6 is 0 Å². The van der Waals surface area contributed by atoms with Gasteiger partial charge in [0.2, 0.25) is 0 Å². The summed E-state index contributed by atoms with van der Waals surface area (Å²) < 4.78 is 0. The van der Waals surface area contributed by atoms with E-state index < -0.39 is 0 Å². The third-order valence-electron chi connectivity index (χ3n) is 5.62. The van der Waals surface area contributed by atoms with Gasteiger partial charge in [0.25, 0.3) is 0 Å². The first-order chi connectivity index (χ1) is 14.7. The molecule has 5 rings (SSSR count). The molecule has 0 aliphatic heterocycles. The first kappa shape index (κ1) is 18.3. The molecule has 0 aliphatic rings. The number of nitrogens with zero attached hydrogens (tertiary/aromatic N) is 1. The van der Waals surface area contributed by atoms with E-state index in [4.69, 9.17) is 4.98 Å². The zero-order valence-electron chi connectivity index (χ0n) is 17.3. The summed E-state index contributed by atoms with van der Waals surface area (Å²) >= 11 is 0. The van der Waals surface area contributed by atoms with Crippen LogP contribution < -0.4 is 0 Å². The molecule has 0 aliphatic carbocycles. The van der Waals surface area contributed by atoms with Gasteiger partial charge >= 0.3 is 0 Å². The van der Waals surface area contributed by atoms with Crippen LogP contribution in [0.25, 0.3) is 44.4 Å². The molecule has 0 saturated carbocycles. The minimum Gasteiger partial charge on any atom is -0.246 e. The smallest absolute Gasteiger partial charge is 0.0794 e. The Morgan fingerprint density at radius 3 is 1.57 bits per heavy atom. The lowest BCUT2D eigenvalue weighted by Gasteiger charge is -2.17. The molecule has 0 amide bonds. The average Bonchev–Trinajstić information content (AvgIpc) is 2.80. The molecule has 0 saturated heterocycles. The maximum absolute atomic E-state index is 5.27. The van der Waals surface area contributed by atoms with E-state index in [2.05, 4.69) is 111 Å². The topological polar surface area (TPSA) is 12.9 Å². The molecular weight excluding hydrogens is 362 g/mol. The molecule has 1 heteroatoms. The highest BCUT2D eigenvalue weighted by molar-refractivity contribution is 6.08. The average molecular weight is 386 g/mol. The molecule has 0 bridgehead atoms. The molecular formula is C29H23N. The lowest BCUT2D eigenvalue weighted by atomic mass is 9.91. The summed E-state index contributed by atoms with van der Waals surface area (Å²) in [5.74, 6) is 0. The summed E-state index contributed by atoms with van der Waals surface area (Å²) in [5.41, 5.74) is 9.22. The van der Waals surface area contributed by atoms with E-state index in [1.807, 2.05) is 6.07 Å². The Labute approximate surface area is 177 Å². The number of fused-ring (bicyclic) bond motifs is 1. The van der Waals surface area contributed by atoms with Gasteiger partial charge in [-0.2, -0.15) is 0 Å². The molecule has 0 unspecified atom stereocenters. The van der Waals surface area contributed by atoms with Crippen LogP contribution in [-0.4, -0.2) is 4.98 Å². The van der Waals surface area contributed by atoms with Crippen LogP contribution in [0, 0.1) is 13.8 Å². The van der Waals surface area contributed by atoms with Crippen molar-refractivity contribution in [3.63, 3.8) is 0 Å². The van der Waals surface area contributed by atoms with E-state index in [1.54, 1.807) is 0 Å². The fraction of sp³-hybridized carbons (Fsp3) is 0.0690. The van der Waals surface area contributed by atoms with Gasteiger partial charge in [-0.05, 0) is 24.8 Å². The summed E-state index contributed by atoms with van der Waals surface area (Å²) in [5, 5.41) is 2.40. The summed E-state index contributed by atoms with van der Waals surface area (Å²) in [7, 11) is 0. The van der Waals surface area contributed by atoms with Gasteiger partial charge in [-0.3, -0.25) is 0 Å². The third kappa shape index (κ3) is 3.29. The van der Waals surface area contributed by atoms with Crippen LogP contribution in [-0.2, 0) is 0 Å². The Kier molecular flexibility index (Phi) is 4.65. The lowest BCUT2D eigenvalue weighted by molar-refractivity contribution is 1.34. The third-order valence-corrected chi connectivity index (χ3v) is 5.62. The number of aryl methyl sites for hydroxylation is 2. The molecule has 0 fully saturated rings. The maximum Gasteiger partial charge on any atom is 0.0794 e. The van der Waals surface area contributed by atoms with E-state index in [9.17, 15) is 0 Å². The van der Waals surface area contributed by atoms with Gasteiger partial charge in [0.05, 0.1) is 11.4 Å². The van der Waals surface area contributed by atoms with Crippen LogP contribution in [0.2, 0.25) is 0 Å².